The summed E-state index contributed by atoms with van der Waals surface area (Å²) in [6.07, 6.45) is 0. The first kappa shape index (κ1) is 15.4. The Balaban J connectivity index is 2.09. The molecule has 0 amide bonds. The van der Waals surface area contributed by atoms with Crippen LogP contribution in [0.5, 0.6) is 5.75 Å². The van der Waals surface area contributed by atoms with E-state index < -0.39 is 0 Å². The zero-order valence-corrected chi connectivity index (χ0v) is 13.4. The molecule has 0 unspecified atom stereocenters. The van der Waals surface area contributed by atoms with E-state index in [1.165, 1.54) is 28.5 Å². The van der Waals surface area contributed by atoms with Crippen LogP contribution in [0.25, 0.3) is 0 Å². The summed E-state index contributed by atoms with van der Waals surface area (Å²) in [5.41, 5.74) is 10.6. The summed E-state index contributed by atoms with van der Waals surface area (Å²) in [5.74, 6) is 1.55. The van der Waals surface area contributed by atoms with Gasteiger partial charge in [-0.1, -0.05) is 47.7 Å². The summed E-state index contributed by atoms with van der Waals surface area (Å²) in [6.45, 7) is 4.21. The van der Waals surface area contributed by atoms with Crippen LogP contribution in [0.4, 0.5) is 5.69 Å². The number of nitrogens with two attached hydrogens (primary N) is 1. The standard InChI is InChI=1S/C17H20N2OS/c1-12-8-9-13(2)14(10-12)11-21-17(18)19-15-6-4-5-7-16(15)20-3/h4-10H,11H2,1-3H3,(H2,18,19). The molecular weight excluding hydrogens is 280 g/mol. The number of hydrogen-bond donors (Lipinski definition) is 1. The van der Waals surface area contributed by atoms with Crippen LogP contribution in [0.15, 0.2) is 47.5 Å². The lowest BCUT2D eigenvalue weighted by Crippen LogP contribution is -2.06. The fourth-order valence-corrected chi connectivity index (χ4v) is 2.76. The molecule has 0 bridgehead atoms. The number of hydrogen-bond acceptors (Lipinski definition) is 3. The van der Waals surface area contributed by atoms with E-state index in [4.69, 9.17) is 10.5 Å². The van der Waals surface area contributed by atoms with Crippen molar-refractivity contribution in [1.82, 2.24) is 0 Å². The van der Waals surface area contributed by atoms with Crippen molar-refractivity contribution in [3.8, 4) is 5.75 Å². The fourth-order valence-electron chi connectivity index (χ4n) is 1.98. The van der Waals surface area contributed by atoms with E-state index in [1.54, 1.807) is 7.11 Å². The van der Waals surface area contributed by atoms with Gasteiger partial charge in [-0.15, -0.1) is 0 Å². The Morgan fingerprint density at radius 2 is 1.95 bits per heavy atom. The average Bonchev–Trinajstić information content (AvgIpc) is 2.49. The van der Waals surface area contributed by atoms with Crippen molar-refractivity contribution in [3.63, 3.8) is 0 Å². The van der Waals surface area contributed by atoms with Gasteiger partial charge in [-0.05, 0) is 37.1 Å². The van der Waals surface area contributed by atoms with E-state index in [-0.39, 0.29) is 0 Å². The first-order valence-corrected chi connectivity index (χ1v) is 7.75. The molecule has 0 aliphatic heterocycles. The topological polar surface area (TPSA) is 47.6 Å². The van der Waals surface area contributed by atoms with E-state index in [2.05, 4.69) is 37.0 Å². The molecule has 0 radical (unpaired) electrons. The number of methoxy groups -OCH3 is 1. The van der Waals surface area contributed by atoms with Crippen molar-refractivity contribution < 1.29 is 4.74 Å². The summed E-state index contributed by atoms with van der Waals surface area (Å²) in [4.78, 5) is 4.43. The molecule has 110 valence electrons. The zero-order chi connectivity index (χ0) is 15.2. The quantitative estimate of drug-likeness (QED) is 0.680. The number of aryl methyl sites for hydroxylation is 2. The zero-order valence-electron chi connectivity index (χ0n) is 12.6. The molecule has 0 saturated carbocycles. The second-order valence-corrected chi connectivity index (χ2v) is 5.84. The number of nitrogens with zero attached hydrogens (tertiary/aromatic N) is 1. The van der Waals surface area contributed by atoms with Gasteiger partial charge in [0.25, 0.3) is 0 Å². The van der Waals surface area contributed by atoms with Crippen molar-refractivity contribution in [2.45, 2.75) is 19.6 Å². The van der Waals surface area contributed by atoms with Gasteiger partial charge in [0.15, 0.2) is 5.17 Å². The predicted octanol–water partition coefficient (Wildman–Crippen LogP) is 4.19. The third-order valence-corrected chi connectivity index (χ3v) is 4.04. The first-order chi connectivity index (χ1) is 10.1. The molecule has 3 nitrogen and oxygen atoms in total. The monoisotopic (exact) mass is 300 g/mol. The normalized spacial score (nSPS) is 11.5. The predicted molar refractivity (Wildman–Crippen MR) is 91.5 cm³/mol. The summed E-state index contributed by atoms with van der Waals surface area (Å²) >= 11 is 1.54. The number of rotatable bonds is 4. The SMILES string of the molecule is COc1ccccc1N=C(N)SCc1cc(C)ccc1C. The Kier molecular flexibility index (Phi) is 5.28. The molecule has 0 heterocycles. The molecule has 0 fully saturated rings. The van der Waals surface area contributed by atoms with Crippen LogP contribution in [0.2, 0.25) is 0 Å². The van der Waals surface area contributed by atoms with Crippen molar-refractivity contribution in [2.24, 2.45) is 10.7 Å². The molecule has 2 N–H and O–H groups in total. The van der Waals surface area contributed by atoms with E-state index in [9.17, 15) is 0 Å². The largest absolute Gasteiger partial charge is 0.494 e. The van der Waals surface area contributed by atoms with Gasteiger partial charge in [0.1, 0.15) is 11.4 Å². The number of aliphatic imine (C=N–C) groups is 1. The maximum absolute atomic E-state index is 6.02. The Labute approximate surface area is 130 Å². The number of para-hydroxylation sites is 2. The Bertz CT molecular complexity index is 653. The molecule has 0 aliphatic rings. The minimum Gasteiger partial charge on any atom is -0.494 e. The van der Waals surface area contributed by atoms with Crippen molar-refractivity contribution in [3.05, 3.63) is 59.2 Å². The Hall–Kier alpha value is -1.94. The van der Waals surface area contributed by atoms with Crippen LogP contribution in [-0.4, -0.2) is 12.3 Å². The highest BCUT2D eigenvalue weighted by Gasteiger charge is 2.04. The molecule has 2 aromatic rings. The lowest BCUT2D eigenvalue weighted by Gasteiger charge is -2.07. The van der Waals surface area contributed by atoms with Gasteiger partial charge in [-0.25, -0.2) is 4.99 Å². The Morgan fingerprint density at radius 1 is 1.19 bits per heavy atom. The molecule has 0 saturated heterocycles. The van der Waals surface area contributed by atoms with Crippen LogP contribution in [0.1, 0.15) is 16.7 Å². The highest BCUT2D eigenvalue weighted by molar-refractivity contribution is 8.13. The number of ether oxygens (including phenoxy) is 1. The summed E-state index contributed by atoms with van der Waals surface area (Å²) < 4.78 is 5.27. The van der Waals surface area contributed by atoms with Crippen LogP contribution < -0.4 is 10.5 Å². The minimum absolute atomic E-state index is 0.542. The second kappa shape index (κ2) is 7.18. The number of amidine groups is 1. The van der Waals surface area contributed by atoms with E-state index in [1.807, 2.05) is 24.3 Å². The van der Waals surface area contributed by atoms with E-state index in [0.29, 0.717) is 5.17 Å². The van der Waals surface area contributed by atoms with Crippen LogP contribution in [-0.2, 0) is 5.75 Å². The van der Waals surface area contributed by atoms with Gasteiger partial charge < -0.3 is 10.5 Å². The second-order valence-electron chi connectivity index (χ2n) is 4.84. The molecule has 2 aromatic carbocycles. The molecule has 0 aliphatic carbocycles. The maximum Gasteiger partial charge on any atom is 0.159 e. The van der Waals surface area contributed by atoms with Gasteiger partial charge in [0.05, 0.1) is 7.11 Å². The molecule has 0 atom stereocenters. The van der Waals surface area contributed by atoms with Crippen LogP contribution >= 0.6 is 11.8 Å². The first-order valence-electron chi connectivity index (χ1n) is 6.76. The third-order valence-electron chi connectivity index (χ3n) is 3.20. The molecule has 0 aromatic heterocycles. The smallest absolute Gasteiger partial charge is 0.159 e. The molecular formula is C17H20N2OS. The minimum atomic E-state index is 0.542. The highest BCUT2D eigenvalue weighted by Crippen LogP contribution is 2.27. The lowest BCUT2D eigenvalue weighted by atomic mass is 10.1. The Morgan fingerprint density at radius 3 is 2.71 bits per heavy atom. The van der Waals surface area contributed by atoms with Crippen LogP contribution in [0, 0.1) is 13.8 Å². The number of thioether (sulfide) groups is 1. The molecule has 21 heavy (non-hydrogen) atoms. The lowest BCUT2D eigenvalue weighted by molar-refractivity contribution is 0.416. The molecule has 4 heteroatoms. The van der Waals surface area contributed by atoms with Gasteiger partial charge in [0.2, 0.25) is 0 Å². The van der Waals surface area contributed by atoms with Crippen molar-refractivity contribution in [1.29, 1.82) is 0 Å². The average molecular weight is 300 g/mol. The van der Waals surface area contributed by atoms with E-state index >= 15 is 0 Å². The third kappa shape index (κ3) is 4.26. The summed E-state index contributed by atoms with van der Waals surface area (Å²) in [6, 6.07) is 14.1. The van der Waals surface area contributed by atoms with E-state index in [0.717, 1.165) is 17.2 Å². The van der Waals surface area contributed by atoms with Crippen molar-refractivity contribution in [2.75, 3.05) is 7.11 Å². The van der Waals surface area contributed by atoms with Crippen molar-refractivity contribution >= 4 is 22.6 Å². The van der Waals surface area contributed by atoms with Gasteiger partial charge in [-0.3, -0.25) is 0 Å². The number of benzene rings is 2. The summed E-state index contributed by atoms with van der Waals surface area (Å²) in [5, 5.41) is 0.542. The highest BCUT2D eigenvalue weighted by atomic mass is 32.2. The molecule has 2 rings (SSSR count). The summed E-state index contributed by atoms with van der Waals surface area (Å²) in [7, 11) is 1.63. The maximum atomic E-state index is 6.02. The van der Waals surface area contributed by atoms with Gasteiger partial charge in [0, 0.05) is 5.75 Å². The fraction of sp³-hybridized carbons (Fsp3) is 0.235. The van der Waals surface area contributed by atoms with Gasteiger partial charge in [-0.2, -0.15) is 0 Å². The van der Waals surface area contributed by atoms with Crippen LogP contribution in [0.3, 0.4) is 0 Å². The molecule has 0 spiro atoms. The van der Waals surface area contributed by atoms with Gasteiger partial charge >= 0.3 is 0 Å².